The maximum absolute atomic E-state index is 13.0. The van der Waals surface area contributed by atoms with Gasteiger partial charge < -0.3 is 10.1 Å². The second-order valence-corrected chi connectivity index (χ2v) is 6.75. The molecule has 0 bridgehead atoms. The topological polar surface area (TPSA) is 91.0 Å². The van der Waals surface area contributed by atoms with Gasteiger partial charge in [-0.15, -0.1) is 11.3 Å². The number of carbonyl (C=O) groups is 1. The van der Waals surface area contributed by atoms with Crippen LogP contribution >= 0.6 is 11.3 Å². The van der Waals surface area contributed by atoms with E-state index in [1.165, 1.54) is 22.2 Å². The molecular formula is C14H18FN5O3S. The largest absolute Gasteiger partial charge is 0.444 e. The standard InChI is InChI=1S/C14H18FN5O3S/c1-14(2,3)23-12(21)17-7-10(6-15)8-20-13(22)19(9-18-20)11-16-4-5-24-11/h4-6,9H,7-8H2,1-3H3,(H,17,21)/b10-6-. The first-order valence-corrected chi connectivity index (χ1v) is 7.97. The molecule has 0 saturated heterocycles. The predicted molar refractivity (Wildman–Crippen MR) is 86.9 cm³/mol. The first-order valence-electron chi connectivity index (χ1n) is 7.09. The lowest BCUT2D eigenvalue weighted by Gasteiger charge is -2.19. The van der Waals surface area contributed by atoms with Crippen LogP contribution in [0.25, 0.3) is 5.13 Å². The number of alkyl carbamates (subject to hydrolysis) is 1. The van der Waals surface area contributed by atoms with Gasteiger partial charge in [-0.3, -0.25) is 0 Å². The monoisotopic (exact) mass is 355 g/mol. The van der Waals surface area contributed by atoms with Crippen LogP contribution in [-0.2, 0) is 11.3 Å². The minimum Gasteiger partial charge on any atom is -0.444 e. The number of nitrogens with zero attached hydrogens (tertiary/aromatic N) is 4. The summed E-state index contributed by atoms with van der Waals surface area (Å²) in [6.45, 7) is 4.99. The molecule has 0 aliphatic carbocycles. The van der Waals surface area contributed by atoms with Crippen molar-refractivity contribution in [2.24, 2.45) is 0 Å². The van der Waals surface area contributed by atoms with Crippen LogP contribution in [0.1, 0.15) is 20.8 Å². The van der Waals surface area contributed by atoms with Crippen molar-refractivity contribution in [3.05, 3.63) is 40.3 Å². The molecule has 8 nitrogen and oxygen atoms in total. The maximum atomic E-state index is 13.0. The fraction of sp³-hybridized carbons (Fsp3) is 0.429. The number of rotatable bonds is 5. The number of hydrogen-bond donors (Lipinski definition) is 1. The van der Waals surface area contributed by atoms with Gasteiger partial charge in [0.1, 0.15) is 11.9 Å². The lowest BCUT2D eigenvalue weighted by molar-refractivity contribution is 0.0532. The van der Waals surface area contributed by atoms with E-state index in [0.29, 0.717) is 11.5 Å². The average Bonchev–Trinajstić information content (AvgIpc) is 3.12. The van der Waals surface area contributed by atoms with Gasteiger partial charge in [-0.25, -0.2) is 28.2 Å². The molecule has 0 saturated carbocycles. The van der Waals surface area contributed by atoms with E-state index in [9.17, 15) is 14.0 Å². The van der Waals surface area contributed by atoms with E-state index in [1.807, 2.05) is 0 Å². The summed E-state index contributed by atoms with van der Waals surface area (Å²) in [5.41, 5.74) is -0.915. The summed E-state index contributed by atoms with van der Waals surface area (Å²) < 4.78 is 20.4. The summed E-state index contributed by atoms with van der Waals surface area (Å²) in [6, 6.07) is 0. The van der Waals surface area contributed by atoms with Crippen LogP contribution in [0.3, 0.4) is 0 Å². The highest BCUT2D eigenvalue weighted by Gasteiger charge is 2.16. The Labute approximate surface area is 141 Å². The highest BCUT2D eigenvalue weighted by atomic mass is 32.1. The predicted octanol–water partition coefficient (Wildman–Crippen LogP) is 1.87. The number of aromatic nitrogens is 4. The molecule has 10 heteroatoms. The van der Waals surface area contributed by atoms with Gasteiger partial charge in [-0.05, 0) is 26.3 Å². The third-order valence-corrected chi connectivity index (χ3v) is 3.50. The molecule has 130 valence electrons. The molecule has 2 heterocycles. The van der Waals surface area contributed by atoms with E-state index in [-0.39, 0.29) is 18.7 Å². The fourth-order valence-electron chi connectivity index (χ4n) is 1.73. The second kappa shape index (κ2) is 7.39. The second-order valence-electron chi connectivity index (χ2n) is 5.88. The Morgan fingerprint density at radius 2 is 2.25 bits per heavy atom. The van der Waals surface area contributed by atoms with Gasteiger partial charge in [0.25, 0.3) is 0 Å². The highest BCUT2D eigenvalue weighted by molar-refractivity contribution is 7.12. The summed E-state index contributed by atoms with van der Waals surface area (Å²) in [7, 11) is 0. The summed E-state index contributed by atoms with van der Waals surface area (Å²) in [5, 5.41) is 8.57. The third kappa shape index (κ3) is 4.75. The maximum Gasteiger partial charge on any atom is 0.407 e. The molecule has 0 aliphatic rings. The van der Waals surface area contributed by atoms with Gasteiger partial charge in [-0.1, -0.05) is 0 Å². The van der Waals surface area contributed by atoms with Crippen molar-refractivity contribution in [1.29, 1.82) is 0 Å². The number of ether oxygens (including phenoxy) is 1. The van der Waals surface area contributed by atoms with Gasteiger partial charge in [0.05, 0.1) is 12.9 Å². The van der Waals surface area contributed by atoms with Crippen LogP contribution in [-0.4, -0.2) is 37.6 Å². The van der Waals surface area contributed by atoms with Crippen LogP contribution in [0.2, 0.25) is 0 Å². The van der Waals surface area contributed by atoms with E-state index >= 15 is 0 Å². The molecule has 24 heavy (non-hydrogen) atoms. The number of amides is 1. The van der Waals surface area contributed by atoms with Gasteiger partial charge in [0, 0.05) is 18.1 Å². The van der Waals surface area contributed by atoms with Crippen molar-refractivity contribution in [2.75, 3.05) is 6.54 Å². The molecule has 2 rings (SSSR count). The van der Waals surface area contributed by atoms with Crippen LogP contribution in [0.15, 0.2) is 34.6 Å². The Morgan fingerprint density at radius 3 is 2.83 bits per heavy atom. The Bertz CT molecular complexity index is 773. The van der Waals surface area contributed by atoms with Gasteiger partial charge >= 0.3 is 11.8 Å². The van der Waals surface area contributed by atoms with Gasteiger partial charge in [-0.2, -0.15) is 5.10 Å². The smallest absolute Gasteiger partial charge is 0.407 e. The van der Waals surface area contributed by atoms with E-state index in [4.69, 9.17) is 4.74 Å². The van der Waals surface area contributed by atoms with Crippen molar-refractivity contribution in [2.45, 2.75) is 32.9 Å². The summed E-state index contributed by atoms with van der Waals surface area (Å²) in [4.78, 5) is 27.8. The number of nitrogens with one attached hydrogen (secondary N) is 1. The Balaban J connectivity index is 1.99. The van der Waals surface area contributed by atoms with E-state index < -0.39 is 17.4 Å². The van der Waals surface area contributed by atoms with E-state index in [2.05, 4.69) is 15.4 Å². The Morgan fingerprint density at radius 1 is 1.50 bits per heavy atom. The van der Waals surface area contributed by atoms with Crippen LogP contribution in [0.5, 0.6) is 0 Å². The molecule has 0 radical (unpaired) electrons. The van der Waals surface area contributed by atoms with Gasteiger partial charge in [0.2, 0.25) is 0 Å². The number of carbonyl (C=O) groups excluding carboxylic acids is 1. The molecule has 0 aromatic carbocycles. The molecule has 2 aromatic heterocycles. The molecule has 0 aliphatic heterocycles. The molecule has 0 spiro atoms. The average molecular weight is 355 g/mol. The van der Waals surface area contributed by atoms with Crippen LogP contribution < -0.4 is 11.0 Å². The third-order valence-electron chi connectivity index (χ3n) is 2.72. The first kappa shape index (κ1) is 17.9. The fourth-order valence-corrected chi connectivity index (χ4v) is 2.34. The van der Waals surface area contributed by atoms with E-state index in [1.54, 1.807) is 32.3 Å². The van der Waals surface area contributed by atoms with Crippen molar-refractivity contribution in [3.8, 4) is 5.13 Å². The lowest BCUT2D eigenvalue weighted by Crippen LogP contribution is -2.34. The molecule has 0 fully saturated rings. The molecule has 0 unspecified atom stereocenters. The quantitative estimate of drug-likeness (QED) is 0.884. The van der Waals surface area contributed by atoms with Crippen LogP contribution in [0.4, 0.5) is 9.18 Å². The zero-order valence-corrected chi connectivity index (χ0v) is 14.3. The number of thiazole rings is 1. The lowest BCUT2D eigenvalue weighted by atomic mass is 10.2. The molecule has 2 aromatic rings. The summed E-state index contributed by atoms with van der Waals surface area (Å²) in [5.74, 6) is 0. The molecule has 1 N–H and O–H groups in total. The number of hydrogen-bond acceptors (Lipinski definition) is 6. The SMILES string of the molecule is CC(C)(C)OC(=O)NC/C(=C/F)Cn1ncn(-c2nccs2)c1=O. The minimum atomic E-state index is -0.664. The molecular weight excluding hydrogens is 337 g/mol. The Kier molecular flexibility index (Phi) is 5.50. The normalized spacial score (nSPS) is 12.2. The summed E-state index contributed by atoms with van der Waals surface area (Å²) >= 11 is 1.28. The highest BCUT2D eigenvalue weighted by Crippen LogP contribution is 2.08. The summed E-state index contributed by atoms with van der Waals surface area (Å²) in [6.07, 6.45) is 2.56. The van der Waals surface area contributed by atoms with Crippen LogP contribution in [0, 0.1) is 0 Å². The van der Waals surface area contributed by atoms with Crippen molar-refractivity contribution < 1.29 is 13.9 Å². The Hall–Kier alpha value is -2.49. The minimum absolute atomic E-state index is 0.0937. The van der Waals surface area contributed by atoms with E-state index in [0.717, 1.165) is 4.68 Å². The zero-order chi connectivity index (χ0) is 17.7. The van der Waals surface area contributed by atoms with Crippen molar-refractivity contribution >= 4 is 17.4 Å². The number of halogens is 1. The molecule has 1 amide bonds. The zero-order valence-electron chi connectivity index (χ0n) is 13.5. The first-order chi connectivity index (χ1) is 11.3. The van der Waals surface area contributed by atoms with Gasteiger partial charge in [0.15, 0.2) is 5.13 Å². The molecule has 0 atom stereocenters. The van der Waals surface area contributed by atoms with Crippen molar-refractivity contribution in [1.82, 2.24) is 24.6 Å². The van der Waals surface area contributed by atoms with Crippen molar-refractivity contribution in [3.63, 3.8) is 0 Å².